The summed E-state index contributed by atoms with van der Waals surface area (Å²) in [5.74, 6) is -0.116. The lowest BCUT2D eigenvalue weighted by Crippen LogP contribution is -2.40. The number of pyridine rings is 1. The van der Waals surface area contributed by atoms with Crippen molar-refractivity contribution in [2.24, 2.45) is 14.1 Å². The molecular weight excluding hydrogens is 340 g/mol. The Balaban J connectivity index is 1.77. The zero-order chi connectivity index (χ0) is 19.1. The van der Waals surface area contributed by atoms with E-state index in [-0.39, 0.29) is 11.5 Å². The monoisotopic (exact) mass is 366 g/mol. The molecular formula is C21H26N4O2. The van der Waals surface area contributed by atoms with E-state index in [4.69, 9.17) is 0 Å². The normalized spacial score (nSPS) is 17.8. The molecule has 1 fully saturated rings. The van der Waals surface area contributed by atoms with Crippen molar-refractivity contribution < 1.29 is 4.79 Å². The molecule has 0 aliphatic carbocycles. The number of nitrogens with one attached hydrogen (secondary N) is 1. The maximum atomic E-state index is 13.1. The Morgan fingerprint density at radius 2 is 2.04 bits per heavy atom. The summed E-state index contributed by atoms with van der Waals surface area (Å²) in [5.41, 5.74) is 2.00. The zero-order valence-corrected chi connectivity index (χ0v) is 16.2. The summed E-state index contributed by atoms with van der Waals surface area (Å²) >= 11 is 0. The topological polar surface area (TPSA) is 59.3 Å². The number of benzene rings is 1. The van der Waals surface area contributed by atoms with Crippen LogP contribution < -0.4 is 10.9 Å². The number of carbonyl (C=O) groups is 1. The van der Waals surface area contributed by atoms with E-state index in [9.17, 15) is 9.59 Å². The SMILES string of the molecule is CCN1CCCC1CNC(=O)c1cn(C)c(=O)c2c1c1ccccc1n2C. The molecule has 0 saturated carbocycles. The molecule has 0 bridgehead atoms. The number of rotatable bonds is 4. The number of aryl methyl sites for hydroxylation is 2. The molecule has 0 radical (unpaired) electrons. The first-order valence-corrected chi connectivity index (χ1v) is 9.62. The number of aromatic nitrogens is 2. The van der Waals surface area contributed by atoms with E-state index in [1.165, 1.54) is 11.0 Å². The maximum absolute atomic E-state index is 13.1. The van der Waals surface area contributed by atoms with E-state index >= 15 is 0 Å². The number of nitrogens with zero attached hydrogens (tertiary/aromatic N) is 3. The van der Waals surface area contributed by atoms with E-state index in [1.54, 1.807) is 13.2 Å². The largest absolute Gasteiger partial charge is 0.350 e. The molecule has 2 aromatic heterocycles. The molecule has 6 heteroatoms. The van der Waals surface area contributed by atoms with Crippen LogP contribution in [0.3, 0.4) is 0 Å². The van der Waals surface area contributed by atoms with E-state index in [2.05, 4.69) is 17.1 Å². The summed E-state index contributed by atoms with van der Waals surface area (Å²) in [6.07, 6.45) is 3.96. The van der Waals surface area contributed by atoms with Crippen LogP contribution in [-0.2, 0) is 14.1 Å². The first-order valence-electron chi connectivity index (χ1n) is 9.62. The molecule has 1 aliphatic rings. The van der Waals surface area contributed by atoms with Gasteiger partial charge in [0, 0.05) is 49.2 Å². The van der Waals surface area contributed by atoms with E-state index in [0.717, 1.165) is 35.8 Å². The van der Waals surface area contributed by atoms with Gasteiger partial charge < -0.3 is 14.5 Å². The van der Waals surface area contributed by atoms with Gasteiger partial charge in [-0.3, -0.25) is 14.5 Å². The first kappa shape index (κ1) is 17.8. The minimum absolute atomic E-state index is 0.0896. The van der Waals surface area contributed by atoms with Gasteiger partial charge in [-0.2, -0.15) is 0 Å². The second kappa shape index (κ2) is 6.85. The van der Waals surface area contributed by atoms with Gasteiger partial charge >= 0.3 is 0 Å². The standard InChI is InChI=1S/C21H26N4O2/c1-4-25-11-7-8-14(25)12-22-20(26)16-13-23(2)21(27)19-18(16)15-9-5-6-10-17(15)24(19)3/h5-6,9-10,13-14H,4,7-8,11-12H2,1-3H3,(H,22,26). The molecule has 1 amide bonds. The van der Waals surface area contributed by atoms with Gasteiger partial charge in [0.25, 0.3) is 11.5 Å². The van der Waals surface area contributed by atoms with Gasteiger partial charge in [-0.25, -0.2) is 0 Å². The van der Waals surface area contributed by atoms with Crippen molar-refractivity contribution in [1.29, 1.82) is 0 Å². The van der Waals surface area contributed by atoms with E-state index in [0.29, 0.717) is 23.7 Å². The molecule has 3 heterocycles. The van der Waals surface area contributed by atoms with Gasteiger partial charge in [0.1, 0.15) is 5.52 Å². The summed E-state index contributed by atoms with van der Waals surface area (Å²) < 4.78 is 3.39. The fraction of sp³-hybridized carbons (Fsp3) is 0.429. The lowest BCUT2D eigenvalue weighted by atomic mass is 10.1. The third-order valence-electron chi connectivity index (χ3n) is 5.87. The third kappa shape index (κ3) is 2.84. The molecule has 1 unspecified atom stereocenters. The van der Waals surface area contributed by atoms with Crippen LogP contribution in [0.4, 0.5) is 0 Å². The summed E-state index contributed by atoms with van der Waals surface area (Å²) in [5, 5.41) is 4.79. The van der Waals surface area contributed by atoms with Crippen molar-refractivity contribution in [2.75, 3.05) is 19.6 Å². The van der Waals surface area contributed by atoms with Crippen LogP contribution >= 0.6 is 0 Å². The van der Waals surface area contributed by atoms with Crippen molar-refractivity contribution in [3.8, 4) is 0 Å². The highest BCUT2D eigenvalue weighted by atomic mass is 16.2. The van der Waals surface area contributed by atoms with Crippen molar-refractivity contribution in [2.45, 2.75) is 25.8 Å². The minimum atomic E-state index is -0.116. The van der Waals surface area contributed by atoms with Crippen molar-refractivity contribution in [3.05, 3.63) is 46.4 Å². The maximum Gasteiger partial charge on any atom is 0.274 e. The summed E-state index contributed by atoms with van der Waals surface area (Å²) in [4.78, 5) is 28.2. The fourth-order valence-electron chi connectivity index (χ4n) is 4.42. The van der Waals surface area contributed by atoms with Gasteiger partial charge in [0.05, 0.1) is 5.56 Å². The molecule has 27 heavy (non-hydrogen) atoms. The quantitative estimate of drug-likeness (QED) is 0.770. The van der Waals surface area contributed by atoms with Gasteiger partial charge in [-0.05, 0) is 32.0 Å². The number of carbonyl (C=O) groups excluding carboxylic acids is 1. The summed E-state index contributed by atoms with van der Waals surface area (Å²) in [7, 11) is 3.58. The highest BCUT2D eigenvalue weighted by Crippen LogP contribution is 2.28. The summed E-state index contributed by atoms with van der Waals surface area (Å²) in [6, 6.07) is 8.25. The Morgan fingerprint density at radius 1 is 1.26 bits per heavy atom. The first-order chi connectivity index (χ1) is 13.0. The average molecular weight is 366 g/mol. The number of likely N-dealkylation sites (tertiary alicyclic amines) is 1. The lowest BCUT2D eigenvalue weighted by Gasteiger charge is -2.23. The highest BCUT2D eigenvalue weighted by Gasteiger charge is 2.25. The number of amides is 1. The average Bonchev–Trinajstić information content (AvgIpc) is 3.25. The Kier molecular flexibility index (Phi) is 4.52. The van der Waals surface area contributed by atoms with Crippen LogP contribution in [0.5, 0.6) is 0 Å². The predicted octanol–water partition coefficient (Wildman–Crippen LogP) is 2.24. The van der Waals surface area contributed by atoms with Crippen LogP contribution in [0, 0.1) is 0 Å². The van der Waals surface area contributed by atoms with Gasteiger partial charge in [-0.15, -0.1) is 0 Å². The summed E-state index contributed by atoms with van der Waals surface area (Å²) in [6.45, 7) is 4.91. The van der Waals surface area contributed by atoms with Crippen LogP contribution in [0.1, 0.15) is 30.1 Å². The molecule has 3 aromatic rings. The van der Waals surface area contributed by atoms with Crippen molar-refractivity contribution in [1.82, 2.24) is 19.4 Å². The van der Waals surface area contributed by atoms with E-state index < -0.39 is 0 Å². The number of para-hydroxylation sites is 1. The van der Waals surface area contributed by atoms with Gasteiger partial charge in [-0.1, -0.05) is 25.1 Å². The van der Waals surface area contributed by atoms with E-state index in [1.807, 2.05) is 35.9 Å². The Bertz CT molecular complexity index is 1080. The molecule has 1 saturated heterocycles. The van der Waals surface area contributed by atoms with Crippen molar-refractivity contribution >= 4 is 27.7 Å². The third-order valence-corrected chi connectivity index (χ3v) is 5.87. The smallest absolute Gasteiger partial charge is 0.274 e. The molecule has 4 rings (SSSR count). The zero-order valence-electron chi connectivity index (χ0n) is 16.2. The van der Waals surface area contributed by atoms with Crippen LogP contribution in [0.25, 0.3) is 21.8 Å². The predicted molar refractivity (Wildman–Crippen MR) is 108 cm³/mol. The lowest BCUT2D eigenvalue weighted by molar-refractivity contribution is 0.0942. The van der Waals surface area contributed by atoms with Crippen LogP contribution in [-0.4, -0.2) is 45.6 Å². The van der Waals surface area contributed by atoms with Gasteiger partial charge in [0.15, 0.2) is 0 Å². The second-order valence-corrected chi connectivity index (χ2v) is 7.39. The van der Waals surface area contributed by atoms with Crippen LogP contribution in [0.15, 0.2) is 35.3 Å². The number of likely N-dealkylation sites (N-methyl/N-ethyl adjacent to an activating group) is 1. The molecule has 1 atom stereocenters. The van der Waals surface area contributed by atoms with Crippen molar-refractivity contribution in [3.63, 3.8) is 0 Å². The molecule has 1 aliphatic heterocycles. The minimum Gasteiger partial charge on any atom is -0.350 e. The van der Waals surface area contributed by atoms with Crippen LogP contribution in [0.2, 0.25) is 0 Å². The molecule has 142 valence electrons. The van der Waals surface area contributed by atoms with Gasteiger partial charge in [0.2, 0.25) is 0 Å². The number of fused-ring (bicyclic) bond motifs is 3. The number of hydrogen-bond acceptors (Lipinski definition) is 3. The highest BCUT2D eigenvalue weighted by molar-refractivity contribution is 6.17. The second-order valence-electron chi connectivity index (χ2n) is 7.39. The molecule has 1 N–H and O–H groups in total. The molecule has 6 nitrogen and oxygen atoms in total. The Hall–Kier alpha value is -2.60. The molecule has 1 aromatic carbocycles. The Labute approximate surface area is 158 Å². The fourth-order valence-corrected chi connectivity index (χ4v) is 4.42. The number of hydrogen-bond donors (Lipinski definition) is 1. The Morgan fingerprint density at radius 3 is 2.81 bits per heavy atom. The molecule has 0 spiro atoms.